The zero-order chi connectivity index (χ0) is 25.7. The summed E-state index contributed by atoms with van der Waals surface area (Å²) in [6, 6.07) is 18.0. The number of non-ortho nitro benzene ring substituents is 1. The number of nitro benzene ring substituents is 1. The first kappa shape index (κ1) is 25.8. The molecule has 3 aromatic carbocycles. The fourth-order valence-electron chi connectivity index (χ4n) is 4.09. The molecule has 0 bridgehead atoms. The summed E-state index contributed by atoms with van der Waals surface area (Å²) in [6.45, 7) is 2.18. The number of ether oxygens (including phenoxy) is 1. The molecule has 1 saturated heterocycles. The quantitative estimate of drug-likeness (QED) is 0.315. The third-order valence-corrected chi connectivity index (χ3v) is 7.93. The van der Waals surface area contributed by atoms with Crippen molar-refractivity contribution in [2.24, 2.45) is 0 Å². The highest BCUT2D eigenvalue weighted by Crippen LogP contribution is 2.27. The monoisotopic (exact) mass is 517 g/mol. The van der Waals surface area contributed by atoms with Crippen molar-refractivity contribution in [1.29, 1.82) is 0 Å². The van der Waals surface area contributed by atoms with Crippen molar-refractivity contribution >= 4 is 15.7 Å². The molecule has 3 aromatic rings. The van der Waals surface area contributed by atoms with Gasteiger partial charge in [-0.25, -0.2) is 17.2 Å². The average molecular weight is 518 g/mol. The molecule has 1 heterocycles. The van der Waals surface area contributed by atoms with Crippen LogP contribution >= 0.6 is 0 Å². The van der Waals surface area contributed by atoms with Crippen LogP contribution in [0.25, 0.3) is 0 Å². The van der Waals surface area contributed by atoms with Gasteiger partial charge < -0.3 is 4.74 Å². The number of sulfonamides is 1. The second-order valence-electron chi connectivity index (χ2n) is 8.34. The minimum absolute atomic E-state index is 0.106. The second-order valence-corrected chi connectivity index (χ2v) is 10.3. The molecule has 190 valence electrons. The Kier molecular flexibility index (Phi) is 8.04. The number of nitro groups is 1. The largest absolute Gasteiger partial charge is 0.367 e. The summed E-state index contributed by atoms with van der Waals surface area (Å²) in [5.74, 6) is -1.87. The Hall–Kier alpha value is -3.25. The van der Waals surface area contributed by atoms with Gasteiger partial charge in [0, 0.05) is 44.9 Å². The van der Waals surface area contributed by atoms with Gasteiger partial charge in [-0.1, -0.05) is 42.5 Å². The van der Waals surface area contributed by atoms with Crippen LogP contribution in [0, 0.1) is 21.7 Å². The predicted molar refractivity (Wildman–Crippen MR) is 129 cm³/mol. The lowest BCUT2D eigenvalue weighted by Gasteiger charge is -2.34. The number of rotatable bonds is 9. The van der Waals surface area contributed by atoms with E-state index in [0.29, 0.717) is 25.2 Å². The highest BCUT2D eigenvalue weighted by Gasteiger charge is 2.29. The maximum Gasteiger partial charge on any atom is 0.270 e. The first-order valence-electron chi connectivity index (χ1n) is 11.3. The van der Waals surface area contributed by atoms with Crippen LogP contribution in [0.3, 0.4) is 0 Å². The van der Waals surface area contributed by atoms with E-state index < -0.39 is 32.7 Å². The lowest BCUT2D eigenvalue weighted by atomic mass is 10.0. The number of benzene rings is 3. The molecular weight excluding hydrogens is 492 g/mol. The smallest absolute Gasteiger partial charge is 0.270 e. The van der Waals surface area contributed by atoms with E-state index in [1.165, 1.54) is 28.6 Å². The van der Waals surface area contributed by atoms with Crippen molar-refractivity contribution in [3.05, 3.63) is 106 Å². The molecule has 0 N–H and O–H groups in total. The fourth-order valence-corrected chi connectivity index (χ4v) is 5.55. The molecule has 1 aliphatic rings. The normalized spacial score (nSPS) is 16.1. The first-order valence-corrected chi connectivity index (χ1v) is 12.8. The van der Waals surface area contributed by atoms with Crippen LogP contribution in [-0.4, -0.2) is 61.9 Å². The molecule has 4 rings (SSSR count). The van der Waals surface area contributed by atoms with E-state index in [2.05, 4.69) is 0 Å². The number of hydrogen-bond acceptors (Lipinski definition) is 6. The molecule has 1 unspecified atom stereocenters. The molecule has 0 radical (unpaired) electrons. The van der Waals surface area contributed by atoms with E-state index in [0.717, 1.165) is 23.8 Å². The van der Waals surface area contributed by atoms with Crippen molar-refractivity contribution in [2.75, 3.05) is 39.3 Å². The van der Waals surface area contributed by atoms with Crippen molar-refractivity contribution in [3.63, 3.8) is 0 Å². The van der Waals surface area contributed by atoms with Crippen molar-refractivity contribution < 1.29 is 26.9 Å². The summed E-state index contributed by atoms with van der Waals surface area (Å²) in [5.41, 5.74) is 1.02. The molecule has 36 heavy (non-hydrogen) atoms. The van der Waals surface area contributed by atoms with Gasteiger partial charge in [0.05, 0.1) is 16.4 Å². The van der Waals surface area contributed by atoms with E-state index in [1.54, 1.807) is 0 Å². The van der Waals surface area contributed by atoms with Crippen LogP contribution in [0.4, 0.5) is 14.5 Å². The van der Waals surface area contributed by atoms with Crippen LogP contribution < -0.4 is 0 Å². The maximum atomic E-state index is 13.9. The minimum atomic E-state index is -3.85. The highest BCUT2D eigenvalue weighted by molar-refractivity contribution is 7.89. The Balaban J connectivity index is 1.36. The molecule has 8 nitrogen and oxygen atoms in total. The maximum absolute atomic E-state index is 13.9. The third-order valence-electron chi connectivity index (χ3n) is 6.04. The molecular formula is C25H25F2N3O5S. The van der Waals surface area contributed by atoms with Crippen LogP contribution in [0.2, 0.25) is 0 Å². The van der Waals surface area contributed by atoms with Gasteiger partial charge in [-0.15, -0.1) is 0 Å². The third kappa shape index (κ3) is 5.93. The molecule has 0 aliphatic carbocycles. The number of piperazine rings is 1. The van der Waals surface area contributed by atoms with Crippen molar-refractivity contribution in [1.82, 2.24) is 9.21 Å². The number of halogens is 2. The topological polar surface area (TPSA) is 93.0 Å². The fraction of sp³-hybridized carbons (Fsp3) is 0.280. The molecule has 11 heteroatoms. The molecule has 0 amide bonds. The highest BCUT2D eigenvalue weighted by atomic mass is 32.2. The van der Waals surface area contributed by atoms with Crippen LogP contribution in [0.5, 0.6) is 0 Å². The van der Waals surface area contributed by atoms with E-state index >= 15 is 0 Å². The van der Waals surface area contributed by atoms with E-state index in [4.69, 9.17) is 4.74 Å². The van der Waals surface area contributed by atoms with Crippen LogP contribution in [0.1, 0.15) is 17.2 Å². The van der Waals surface area contributed by atoms with Gasteiger partial charge in [0.25, 0.3) is 5.69 Å². The lowest BCUT2D eigenvalue weighted by molar-refractivity contribution is -0.385. The molecule has 0 spiro atoms. The summed E-state index contributed by atoms with van der Waals surface area (Å²) >= 11 is 0. The molecule has 0 aromatic heterocycles. The number of nitrogens with zero attached hydrogens (tertiary/aromatic N) is 3. The second kappa shape index (κ2) is 11.2. The summed E-state index contributed by atoms with van der Waals surface area (Å²) in [4.78, 5) is 12.3. The van der Waals surface area contributed by atoms with E-state index in [-0.39, 0.29) is 30.3 Å². The van der Waals surface area contributed by atoms with Gasteiger partial charge in [-0.2, -0.15) is 4.31 Å². The number of hydrogen-bond donors (Lipinski definition) is 0. The predicted octanol–water partition coefficient (Wildman–Crippen LogP) is 3.99. The molecule has 0 saturated carbocycles. The van der Waals surface area contributed by atoms with Gasteiger partial charge in [-0.05, 0) is 29.3 Å². The summed E-state index contributed by atoms with van der Waals surface area (Å²) in [5, 5.41) is 11.0. The van der Waals surface area contributed by atoms with Crippen molar-refractivity contribution in [2.45, 2.75) is 11.0 Å². The van der Waals surface area contributed by atoms with E-state index in [9.17, 15) is 27.3 Å². The van der Waals surface area contributed by atoms with Gasteiger partial charge >= 0.3 is 0 Å². The Morgan fingerprint density at radius 2 is 1.61 bits per heavy atom. The Labute approximate surface area is 207 Å². The van der Waals surface area contributed by atoms with Crippen molar-refractivity contribution in [3.8, 4) is 0 Å². The molecule has 1 aliphatic heterocycles. The summed E-state index contributed by atoms with van der Waals surface area (Å²) < 4.78 is 60.6. The Bertz CT molecular complexity index is 1320. The van der Waals surface area contributed by atoms with Gasteiger partial charge in [-0.3, -0.25) is 15.0 Å². The van der Waals surface area contributed by atoms with Gasteiger partial charge in [0.15, 0.2) is 11.6 Å². The van der Waals surface area contributed by atoms with Crippen LogP contribution in [0.15, 0.2) is 77.7 Å². The standard InChI is InChI=1S/C25H25F2N3O5S/c26-23-10-9-20(17-24(23)27)25(19-5-2-1-3-6-19)35-16-15-28-11-13-29(14-12-28)36(33,34)22-8-4-7-21(18-22)30(31)32/h1-10,17-18,25H,11-16H2. The van der Waals surface area contributed by atoms with E-state index in [1.807, 2.05) is 35.2 Å². The van der Waals surface area contributed by atoms with Crippen LogP contribution in [-0.2, 0) is 14.8 Å². The van der Waals surface area contributed by atoms with Gasteiger partial charge in [0.2, 0.25) is 10.0 Å². The average Bonchev–Trinajstić information content (AvgIpc) is 2.89. The van der Waals surface area contributed by atoms with Gasteiger partial charge in [0.1, 0.15) is 6.10 Å². The first-order chi connectivity index (χ1) is 17.3. The molecule has 1 atom stereocenters. The lowest BCUT2D eigenvalue weighted by Crippen LogP contribution is -2.49. The minimum Gasteiger partial charge on any atom is -0.367 e. The Morgan fingerprint density at radius 1 is 0.889 bits per heavy atom. The Morgan fingerprint density at radius 3 is 2.28 bits per heavy atom. The molecule has 1 fully saturated rings. The zero-order valence-corrected chi connectivity index (χ0v) is 20.1. The summed E-state index contributed by atoms with van der Waals surface area (Å²) in [7, 11) is -3.85. The zero-order valence-electron chi connectivity index (χ0n) is 19.3. The SMILES string of the molecule is O=[N+]([O-])c1cccc(S(=O)(=O)N2CCN(CCOC(c3ccccc3)c3ccc(F)c(F)c3)CC2)c1. The summed E-state index contributed by atoms with van der Waals surface area (Å²) in [6.07, 6.45) is -0.586.